The van der Waals surface area contributed by atoms with Crippen molar-refractivity contribution in [3.63, 3.8) is 0 Å². The highest BCUT2D eigenvalue weighted by molar-refractivity contribution is 5.74. The number of nitrogens with zero attached hydrogens (tertiary/aromatic N) is 3. The second kappa shape index (κ2) is 8.34. The van der Waals surface area contributed by atoms with Crippen LogP contribution < -0.4 is 0 Å². The summed E-state index contributed by atoms with van der Waals surface area (Å²) in [6.07, 6.45) is 0.487. The van der Waals surface area contributed by atoms with E-state index in [4.69, 9.17) is 10.4 Å². The van der Waals surface area contributed by atoms with Gasteiger partial charge in [0.1, 0.15) is 0 Å². The predicted octanol–water partition coefficient (Wildman–Crippen LogP) is 1.38. The minimum Gasteiger partial charge on any atom is -0.481 e. The van der Waals surface area contributed by atoms with Crippen LogP contribution in [0.15, 0.2) is 0 Å². The fourth-order valence-electron chi connectivity index (χ4n) is 1.52. The number of carboxylic acids is 1. The maximum Gasteiger partial charge on any atom is 0.319 e. The molecular weight excluding hydrogens is 234 g/mol. The molecule has 0 spiro atoms. The summed E-state index contributed by atoms with van der Waals surface area (Å²) in [5.41, 5.74) is 0. The molecule has 0 saturated heterocycles. The van der Waals surface area contributed by atoms with Gasteiger partial charge in [-0.25, -0.2) is 4.79 Å². The zero-order chi connectivity index (χ0) is 14.1. The second-order valence-corrected chi connectivity index (χ2v) is 4.27. The normalized spacial score (nSPS) is 11.4. The summed E-state index contributed by atoms with van der Waals surface area (Å²) in [5.74, 6) is -1.07. The fourth-order valence-corrected chi connectivity index (χ4v) is 1.52. The van der Waals surface area contributed by atoms with Gasteiger partial charge in [-0.1, -0.05) is 0 Å². The van der Waals surface area contributed by atoms with E-state index in [2.05, 4.69) is 6.07 Å². The zero-order valence-electron chi connectivity index (χ0n) is 11.2. The van der Waals surface area contributed by atoms with Crippen LogP contribution in [0, 0.1) is 17.2 Å². The molecule has 0 rings (SSSR count). The van der Waals surface area contributed by atoms with Crippen LogP contribution in [0.5, 0.6) is 0 Å². The van der Waals surface area contributed by atoms with Gasteiger partial charge in [0, 0.05) is 33.1 Å². The highest BCUT2D eigenvalue weighted by atomic mass is 16.4. The van der Waals surface area contributed by atoms with Crippen LogP contribution in [0.2, 0.25) is 0 Å². The fraction of sp³-hybridized carbons (Fsp3) is 0.750. The number of aliphatic carboxylic acids is 1. The first-order valence-electron chi connectivity index (χ1n) is 6.03. The van der Waals surface area contributed by atoms with Gasteiger partial charge in [0.05, 0.1) is 12.0 Å². The van der Waals surface area contributed by atoms with Gasteiger partial charge in [0.25, 0.3) is 0 Å². The number of amides is 2. The molecule has 1 atom stereocenters. The lowest BCUT2D eigenvalue weighted by molar-refractivity contribution is -0.137. The van der Waals surface area contributed by atoms with Crippen molar-refractivity contribution in [3.8, 4) is 6.07 Å². The molecule has 0 aromatic heterocycles. The number of carbonyl (C=O) groups is 2. The van der Waals surface area contributed by atoms with E-state index in [1.807, 2.05) is 6.92 Å². The van der Waals surface area contributed by atoms with Crippen molar-refractivity contribution in [2.45, 2.75) is 26.7 Å². The summed E-state index contributed by atoms with van der Waals surface area (Å²) >= 11 is 0. The van der Waals surface area contributed by atoms with Crippen molar-refractivity contribution >= 4 is 12.0 Å². The Labute approximate surface area is 108 Å². The average molecular weight is 255 g/mol. The molecule has 6 heteroatoms. The Kier molecular flexibility index (Phi) is 7.52. The molecule has 0 aliphatic heterocycles. The van der Waals surface area contributed by atoms with Crippen LogP contribution in [0.25, 0.3) is 0 Å². The Balaban J connectivity index is 4.23. The Hall–Kier alpha value is -1.77. The van der Waals surface area contributed by atoms with Crippen LogP contribution >= 0.6 is 0 Å². The summed E-state index contributed by atoms with van der Waals surface area (Å²) in [7, 11) is 1.64. The molecule has 1 N–H and O–H groups in total. The van der Waals surface area contributed by atoms with Crippen LogP contribution in [0.1, 0.15) is 26.7 Å². The Morgan fingerprint density at radius 2 is 2.06 bits per heavy atom. The van der Waals surface area contributed by atoms with E-state index in [0.717, 1.165) is 0 Å². The van der Waals surface area contributed by atoms with Gasteiger partial charge in [-0.3, -0.25) is 4.79 Å². The Morgan fingerprint density at radius 1 is 1.44 bits per heavy atom. The number of hydrogen-bond acceptors (Lipinski definition) is 3. The van der Waals surface area contributed by atoms with Gasteiger partial charge in [-0.2, -0.15) is 5.26 Å². The SMILES string of the molecule is CCN(CC(C)C#N)C(=O)N(C)CCCC(=O)O. The van der Waals surface area contributed by atoms with Crippen molar-refractivity contribution in [2.24, 2.45) is 5.92 Å². The van der Waals surface area contributed by atoms with E-state index >= 15 is 0 Å². The van der Waals surface area contributed by atoms with Crippen molar-refractivity contribution in [3.05, 3.63) is 0 Å². The van der Waals surface area contributed by atoms with Crippen molar-refractivity contribution < 1.29 is 14.7 Å². The predicted molar refractivity (Wildman–Crippen MR) is 66.9 cm³/mol. The lowest BCUT2D eigenvalue weighted by atomic mass is 10.2. The van der Waals surface area contributed by atoms with Gasteiger partial charge in [0.2, 0.25) is 0 Å². The number of carboxylic acid groups (broad SMARTS) is 1. The molecule has 1 unspecified atom stereocenters. The third-order valence-electron chi connectivity index (χ3n) is 2.58. The van der Waals surface area contributed by atoms with E-state index in [0.29, 0.717) is 26.1 Å². The van der Waals surface area contributed by atoms with Crippen LogP contribution in [0.4, 0.5) is 4.79 Å². The number of urea groups is 1. The summed E-state index contributed by atoms with van der Waals surface area (Å²) < 4.78 is 0. The number of nitriles is 1. The third-order valence-corrected chi connectivity index (χ3v) is 2.58. The minimum absolute atomic E-state index is 0.0539. The van der Waals surface area contributed by atoms with Crippen LogP contribution in [0.3, 0.4) is 0 Å². The highest BCUT2D eigenvalue weighted by Crippen LogP contribution is 2.04. The summed E-state index contributed by atoms with van der Waals surface area (Å²) in [5, 5.41) is 17.3. The number of hydrogen-bond donors (Lipinski definition) is 1. The molecule has 0 radical (unpaired) electrons. The third kappa shape index (κ3) is 6.09. The van der Waals surface area contributed by atoms with Gasteiger partial charge in [0.15, 0.2) is 0 Å². The smallest absolute Gasteiger partial charge is 0.319 e. The summed E-state index contributed by atoms with van der Waals surface area (Å²) in [6.45, 7) is 4.96. The van der Waals surface area contributed by atoms with Gasteiger partial charge in [-0.05, 0) is 20.3 Å². The molecule has 0 aromatic rings. The average Bonchev–Trinajstić information content (AvgIpc) is 2.34. The maximum atomic E-state index is 12.0. The molecule has 0 saturated carbocycles. The Morgan fingerprint density at radius 3 is 2.50 bits per heavy atom. The van der Waals surface area contributed by atoms with E-state index in [1.165, 1.54) is 4.90 Å². The first kappa shape index (κ1) is 16.2. The molecule has 0 aromatic carbocycles. The molecule has 6 nitrogen and oxygen atoms in total. The standard InChI is InChI=1S/C12H21N3O3/c1-4-15(9-10(2)8-13)12(18)14(3)7-5-6-11(16)17/h10H,4-7,9H2,1-3H3,(H,16,17). The summed E-state index contributed by atoms with van der Waals surface area (Å²) in [4.78, 5) is 25.5. The monoisotopic (exact) mass is 255 g/mol. The number of rotatable bonds is 7. The van der Waals surface area contributed by atoms with E-state index in [9.17, 15) is 9.59 Å². The molecule has 0 aliphatic carbocycles. The van der Waals surface area contributed by atoms with E-state index in [1.54, 1.807) is 18.9 Å². The molecule has 0 aliphatic rings. The number of carbonyl (C=O) groups excluding carboxylic acids is 1. The highest BCUT2D eigenvalue weighted by Gasteiger charge is 2.18. The van der Waals surface area contributed by atoms with Gasteiger partial charge >= 0.3 is 12.0 Å². The summed E-state index contributed by atoms with van der Waals surface area (Å²) in [6, 6.07) is 1.93. The minimum atomic E-state index is -0.860. The topological polar surface area (TPSA) is 84.6 Å². The van der Waals surface area contributed by atoms with Crippen molar-refractivity contribution in [2.75, 3.05) is 26.7 Å². The molecular formula is C12H21N3O3. The first-order chi connectivity index (χ1) is 8.42. The van der Waals surface area contributed by atoms with Crippen molar-refractivity contribution in [1.82, 2.24) is 9.80 Å². The molecule has 102 valence electrons. The van der Waals surface area contributed by atoms with Crippen LogP contribution in [-0.4, -0.2) is 53.6 Å². The molecule has 2 amide bonds. The first-order valence-corrected chi connectivity index (χ1v) is 6.03. The lowest BCUT2D eigenvalue weighted by Crippen LogP contribution is -2.43. The Bertz CT molecular complexity index is 325. The largest absolute Gasteiger partial charge is 0.481 e. The maximum absolute atomic E-state index is 12.0. The molecule has 0 bridgehead atoms. The van der Waals surface area contributed by atoms with Gasteiger partial charge in [-0.15, -0.1) is 0 Å². The molecule has 0 fully saturated rings. The lowest BCUT2D eigenvalue weighted by Gasteiger charge is -2.27. The van der Waals surface area contributed by atoms with Crippen LogP contribution in [-0.2, 0) is 4.79 Å². The van der Waals surface area contributed by atoms with Crippen molar-refractivity contribution in [1.29, 1.82) is 5.26 Å². The molecule has 0 heterocycles. The second-order valence-electron chi connectivity index (χ2n) is 4.27. The van der Waals surface area contributed by atoms with E-state index < -0.39 is 5.97 Å². The zero-order valence-corrected chi connectivity index (χ0v) is 11.2. The van der Waals surface area contributed by atoms with E-state index in [-0.39, 0.29) is 18.4 Å². The molecule has 18 heavy (non-hydrogen) atoms. The van der Waals surface area contributed by atoms with Gasteiger partial charge < -0.3 is 14.9 Å². The quantitative estimate of drug-likeness (QED) is 0.744.